The topological polar surface area (TPSA) is 27.7 Å². The molecule has 18 heavy (non-hydrogen) atoms. The highest BCUT2D eigenvalue weighted by atomic mass is 16.5. The molecular weight excluding hydrogens is 226 g/mol. The van der Waals surface area contributed by atoms with E-state index in [2.05, 4.69) is 22.0 Å². The van der Waals surface area contributed by atoms with Crippen LogP contribution in [0, 0.1) is 0 Å². The van der Waals surface area contributed by atoms with Crippen molar-refractivity contribution in [1.82, 2.24) is 15.1 Å². The molecule has 3 saturated heterocycles. The van der Waals surface area contributed by atoms with Gasteiger partial charge in [0.15, 0.2) is 0 Å². The predicted molar refractivity (Wildman–Crippen MR) is 72.9 cm³/mol. The van der Waals surface area contributed by atoms with Crippen LogP contribution in [-0.4, -0.2) is 73.9 Å². The lowest BCUT2D eigenvalue weighted by atomic mass is 10.1. The number of ether oxygens (including phenoxy) is 1. The first-order valence-electron chi connectivity index (χ1n) is 7.62. The maximum absolute atomic E-state index is 6.06. The molecule has 1 N–H and O–H groups in total. The molecule has 0 aromatic heterocycles. The third-order valence-corrected chi connectivity index (χ3v) is 4.72. The van der Waals surface area contributed by atoms with Gasteiger partial charge in [-0.25, -0.2) is 0 Å². The summed E-state index contributed by atoms with van der Waals surface area (Å²) in [6.45, 7) is 10.3. The lowest BCUT2D eigenvalue weighted by molar-refractivity contribution is -0.0605. The van der Waals surface area contributed by atoms with Gasteiger partial charge in [0.25, 0.3) is 0 Å². The summed E-state index contributed by atoms with van der Waals surface area (Å²) in [7, 11) is 0. The van der Waals surface area contributed by atoms with Gasteiger partial charge in [-0.3, -0.25) is 9.80 Å². The largest absolute Gasteiger partial charge is 0.374 e. The highest BCUT2D eigenvalue weighted by Gasteiger charge is 2.32. The van der Waals surface area contributed by atoms with Crippen LogP contribution in [-0.2, 0) is 4.74 Å². The summed E-state index contributed by atoms with van der Waals surface area (Å²) in [5, 5.41) is 3.56. The van der Waals surface area contributed by atoms with E-state index in [1.165, 1.54) is 38.9 Å². The standard InChI is InChI=1S/C14H27N3O/c1-12-4-7-16(8-5-15-12)9-14-10-17-6-2-3-13(17)11-18-14/h12-15H,2-11H2,1H3. The molecule has 0 amide bonds. The van der Waals surface area contributed by atoms with Crippen molar-refractivity contribution in [2.24, 2.45) is 0 Å². The Bertz CT molecular complexity index is 274. The van der Waals surface area contributed by atoms with E-state index in [1.54, 1.807) is 0 Å². The Hall–Kier alpha value is -0.160. The van der Waals surface area contributed by atoms with Gasteiger partial charge < -0.3 is 10.1 Å². The third-order valence-electron chi connectivity index (χ3n) is 4.72. The van der Waals surface area contributed by atoms with Gasteiger partial charge in [-0.2, -0.15) is 0 Å². The average molecular weight is 253 g/mol. The van der Waals surface area contributed by atoms with Crippen LogP contribution in [0.1, 0.15) is 26.2 Å². The zero-order chi connectivity index (χ0) is 12.4. The van der Waals surface area contributed by atoms with Crippen LogP contribution in [0.2, 0.25) is 0 Å². The van der Waals surface area contributed by atoms with Crippen LogP contribution in [0.4, 0.5) is 0 Å². The highest BCUT2D eigenvalue weighted by molar-refractivity contribution is 4.86. The van der Waals surface area contributed by atoms with E-state index in [0.717, 1.165) is 32.3 Å². The minimum Gasteiger partial charge on any atom is -0.374 e. The molecule has 0 aromatic rings. The first kappa shape index (κ1) is 12.9. The SMILES string of the molecule is CC1CCN(CC2CN3CCCC3CO2)CCN1. The Morgan fingerprint density at radius 1 is 1.22 bits per heavy atom. The fourth-order valence-corrected chi connectivity index (χ4v) is 3.53. The van der Waals surface area contributed by atoms with Crippen molar-refractivity contribution in [1.29, 1.82) is 0 Å². The highest BCUT2D eigenvalue weighted by Crippen LogP contribution is 2.23. The summed E-state index contributed by atoms with van der Waals surface area (Å²) >= 11 is 0. The molecule has 4 heteroatoms. The van der Waals surface area contributed by atoms with Gasteiger partial charge in [-0.1, -0.05) is 0 Å². The van der Waals surface area contributed by atoms with Crippen LogP contribution in [0.15, 0.2) is 0 Å². The molecule has 0 bridgehead atoms. The van der Waals surface area contributed by atoms with E-state index in [9.17, 15) is 0 Å². The maximum Gasteiger partial charge on any atom is 0.0829 e. The summed E-state index contributed by atoms with van der Waals surface area (Å²) in [5.74, 6) is 0. The lowest BCUT2D eigenvalue weighted by Gasteiger charge is -2.37. The zero-order valence-corrected chi connectivity index (χ0v) is 11.6. The monoisotopic (exact) mass is 253 g/mol. The summed E-state index contributed by atoms with van der Waals surface area (Å²) in [6, 6.07) is 1.40. The Balaban J connectivity index is 1.47. The molecule has 3 aliphatic heterocycles. The van der Waals surface area contributed by atoms with Gasteiger partial charge >= 0.3 is 0 Å². The first-order valence-corrected chi connectivity index (χ1v) is 7.62. The second-order valence-electron chi connectivity index (χ2n) is 6.19. The second-order valence-corrected chi connectivity index (χ2v) is 6.19. The molecule has 0 radical (unpaired) electrons. The van der Waals surface area contributed by atoms with Crippen LogP contribution in [0.25, 0.3) is 0 Å². The van der Waals surface area contributed by atoms with Crippen LogP contribution < -0.4 is 5.32 Å². The van der Waals surface area contributed by atoms with Crippen molar-refractivity contribution >= 4 is 0 Å². The fourth-order valence-electron chi connectivity index (χ4n) is 3.53. The molecule has 0 saturated carbocycles. The number of hydrogen-bond acceptors (Lipinski definition) is 4. The number of morpholine rings is 1. The van der Waals surface area contributed by atoms with Crippen LogP contribution in [0.3, 0.4) is 0 Å². The molecule has 3 heterocycles. The summed E-state index contributed by atoms with van der Waals surface area (Å²) < 4.78 is 6.06. The predicted octanol–water partition coefficient (Wildman–Crippen LogP) is 0.533. The molecule has 0 spiro atoms. The van der Waals surface area contributed by atoms with Gasteiger partial charge in [-0.15, -0.1) is 0 Å². The van der Waals surface area contributed by atoms with E-state index < -0.39 is 0 Å². The molecule has 104 valence electrons. The summed E-state index contributed by atoms with van der Waals surface area (Å²) in [5.41, 5.74) is 0. The van der Waals surface area contributed by atoms with E-state index in [-0.39, 0.29) is 0 Å². The van der Waals surface area contributed by atoms with Crippen molar-refractivity contribution in [3.8, 4) is 0 Å². The van der Waals surface area contributed by atoms with E-state index in [1.807, 2.05) is 0 Å². The van der Waals surface area contributed by atoms with Gasteiger partial charge in [0, 0.05) is 38.3 Å². The number of rotatable bonds is 2. The van der Waals surface area contributed by atoms with Gasteiger partial charge in [-0.05, 0) is 39.3 Å². The van der Waals surface area contributed by atoms with Crippen molar-refractivity contribution in [2.45, 2.75) is 44.4 Å². The number of hydrogen-bond donors (Lipinski definition) is 1. The molecule has 3 fully saturated rings. The molecule has 0 aliphatic carbocycles. The lowest BCUT2D eigenvalue weighted by Crippen LogP contribution is -2.50. The molecular formula is C14H27N3O. The molecule has 3 aliphatic rings. The van der Waals surface area contributed by atoms with Crippen molar-refractivity contribution in [3.05, 3.63) is 0 Å². The van der Waals surface area contributed by atoms with Crippen molar-refractivity contribution in [3.63, 3.8) is 0 Å². The van der Waals surface area contributed by atoms with E-state index in [4.69, 9.17) is 4.74 Å². The third kappa shape index (κ3) is 3.05. The minimum absolute atomic E-state index is 0.438. The number of nitrogens with zero attached hydrogens (tertiary/aromatic N) is 2. The zero-order valence-electron chi connectivity index (χ0n) is 11.6. The molecule has 3 unspecified atom stereocenters. The average Bonchev–Trinajstić information content (AvgIpc) is 2.74. The fraction of sp³-hybridized carbons (Fsp3) is 1.00. The van der Waals surface area contributed by atoms with E-state index >= 15 is 0 Å². The normalized spacial score (nSPS) is 39.5. The Morgan fingerprint density at radius 2 is 2.17 bits per heavy atom. The van der Waals surface area contributed by atoms with Crippen molar-refractivity contribution < 1.29 is 4.74 Å². The second kappa shape index (κ2) is 5.87. The van der Waals surface area contributed by atoms with Gasteiger partial charge in [0.1, 0.15) is 0 Å². The number of nitrogens with one attached hydrogen (secondary N) is 1. The molecule has 3 atom stereocenters. The van der Waals surface area contributed by atoms with Crippen LogP contribution >= 0.6 is 0 Å². The Morgan fingerprint density at radius 3 is 3.11 bits per heavy atom. The molecule has 4 nitrogen and oxygen atoms in total. The first-order chi connectivity index (χ1) is 8.81. The van der Waals surface area contributed by atoms with Gasteiger partial charge in [0.2, 0.25) is 0 Å². The molecule has 3 rings (SSSR count). The molecule has 0 aromatic carbocycles. The maximum atomic E-state index is 6.06. The van der Waals surface area contributed by atoms with E-state index in [0.29, 0.717) is 12.1 Å². The summed E-state index contributed by atoms with van der Waals surface area (Å²) in [4.78, 5) is 5.23. The quantitative estimate of drug-likeness (QED) is 0.777. The smallest absolute Gasteiger partial charge is 0.0829 e. The minimum atomic E-state index is 0.438. The van der Waals surface area contributed by atoms with Crippen molar-refractivity contribution in [2.75, 3.05) is 45.9 Å². The van der Waals surface area contributed by atoms with Gasteiger partial charge in [0.05, 0.1) is 12.7 Å². The van der Waals surface area contributed by atoms with Crippen LogP contribution in [0.5, 0.6) is 0 Å². The number of fused-ring (bicyclic) bond motifs is 1. The Kier molecular flexibility index (Phi) is 4.19. The summed E-state index contributed by atoms with van der Waals surface area (Å²) in [6.07, 6.45) is 4.41. The Labute approximate surface area is 111 Å².